The number of hydrogen-bond donors (Lipinski definition) is 2. The van der Waals surface area contributed by atoms with Crippen molar-refractivity contribution in [3.05, 3.63) is 60.1 Å². The van der Waals surface area contributed by atoms with Crippen molar-refractivity contribution in [2.24, 2.45) is 0 Å². The van der Waals surface area contributed by atoms with Crippen LogP contribution in [0, 0.1) is 0 Å². The molecule has 1 aliphatic heterocycles. The molecule has 178 valence electrons. The molecule has 1 aliphatic rings. The van der Waals surface area contributed by atoms with E-state index in [4.69, 9.17) is 4.74 Å². The van der Waals surface area contributed by atoms with Crippen molar-refractivity contribution in [2.45, 2.75) is 12.2 Å². The molecule has 10 nitrogen and oxygen atoms in total. The molecule has 0 bridgehead atoms. The Labute approximate surface area is 191 Å². The van der Waals surface area contributed by atoms with Gasteiger partial charge in [0.05, 0.1) is 19.3 Å². The van der Waals surface area contributed by atoms with E-state index >= 15 is 0 Å². The smallest absolute Gasteiger partial charge is 0.377 e. The third-order valence-electron chi connectivity index (χ3n) is 4.95. The summed E-state index contributed by atoms with van der Waals surface area (Å²) in [4.78, 5) is 34.0. The number of hydrogen-bond acceptors (Lipinski definition) is 7. The minimum absolute atomic E-state index is 0.173. The Kier molecular flexibility index (Phi) is 6.72. The molecule has 1 unspecified atom stereocenters. The van der Waals surface area contributed by atoms with Crippen LogP contribution in [0.3, 0.4) is 0 Å². The van der Waals surface area contributed by atoms with E-state index in [9.17, 15) is 22.8 Å². The average molecular weight is 476 g/mol. The van der Waals surface area contributed by atoms with E-state index in [1.807, 2.05) is 0 Å². The Bertz CT molecular complexity index is 1140. The molecule has 1 fully saturated rings. The van der Waals surface area contributed by atoms with Gasteiger partial charge in [-0.1, -0.05) is 23.4 Å². The monoisotopic (exact) mass is 476 g/mol. The van der Waals surface area contributed by atoms with Crippen LogP contribution in [0.1, 0.15) is 16.2 Å². The van der Waals surface area contributed by atoms with Gasteiger partial charge in [0.2, 0.25) is 5.82 Å². The molecule has 4 rings (SSSR count). The number of alkyl halides is 3. The molecule has 3 amide bonds. The average Bonchev–Trinajstić information content (AvgIpc) is 3.35. The Morgan fingerprint density at radius 2 is 1.94 bits per heavy atom. The van der Waals surface area contributed by atoms with Crippen LogP contribution in [0.2, 0.25) is 0 Å². The van der Waals surface area contributed by atoms with E-state index in [1.165, 1.54) is 23.2 Å². The minimum Gasteiger partial charge on any atom is -0.377 e. The molecule has 1 saturated heterocycles. The van der Waals surface area contributed by atoms with E-state index in [2.05, 4.69) is 30.3 Å². The number of benzene rings is 1. The fourth-order valence-corrected chi connectivity index (χ4v) is 3.23. The molecule has 34 heavy (non-hydrogen) atoms. The Morgan fingerprint density at radius 3 is 2.62 bits per heavy atom. The number of aromatic nitrogens is 3. The number of pyridine rings is 1. The number of carbonyl (C=O) groups excluding carboxylic acids is 2. The zero-order chi connectivity index (χ0) is 24.1. The number of morpholine rings is 1. The predicted molar refractivity (Wildman–Crippen MR) is 112 cm³/mol. The molecule has 0 radical (unpaired) electrons. The summed E-state index contributed by atoms with van der Waals surface area (Å²) >= 11 is 0. The zero-order valence-corrected chi connectivity index (χ0v) is 17.6. The molecule has 1 aromatic carbocycles. The second-order valence-corrected chi connectivity index (χ2v) is 7.28. The van der Waals surface area contributed by atoms with Crippen LogP contribution in [0.25, 0.3) is 11.4 Å². The van der Waals surface area contributed by atoms with Crippen molar-refractivity contribution in [3.63, 3.8) is 0 Å². The summed E-state index contributed by atoms with van der Waals surface area (Å²) < 4.78 is 47.5. The normalized spacial score (nSPS) is 16.2. The number of nitrogens with one attached hydrogen (secondary N) is 2. The topological polar surface area (TPSA) is 122 Å². The van der Waals surface area contributed by atoms with E-state index in [0.29, 0.717) is 18.7 Å². The first-order chi connectivity index (χ1) is 16.3. The van der Waals surface area contributed by atoms with Crippen molar-refractivity contribution in [2.75, 3.05) is 31.6 Å². The lowest BCUT2D eigenvalue weighted by molar-refractivity contribution is -0.159. The number of carbonyl (C=O) groups is 2. The van der Waals surface area contributed by atoms with Gasteiger partial charge in [0.1, 0.15) is 5.82 Å². The number of halogens is 3. The van der Waals surface area contributed by atoms with Crippen LogP contribution >= 0.6 is 0 Å². The van der Waals surface area contributed by atoms with Crippen LogP contribution < -0.4 is 10.6 Å². The summed E-state index contributed by atoms with van der Waals surface area (Å²) in [7, 11) is 0. The largest absolute Gasteiger partial charge is 0.471 e. The second kappa shape index (κ2) is 9.87. The van der Waals surface area contributed by atoms with Crippen LogP contribution in [-0.4, -0.2) is 64.3 Å². The Hall–Kier alpha value is -4.00. The maximum atomic E-state index is 12.8. The lowest BCUT2D eigenvalue weighted by Gasteiger charge is -2.35. The van der Waals surface area contributed by atoms with Gasteiger partial charge in [-0.15, -0.1) is 0 Å². The lowest BCUT2D eigenvalue weighted by Crippen LogP contribution is -2.54. The van der Waals surface area contributed by atoms with Crippen LogP contribution in [0.4, 0.5) is 23.8 Å². The van der Waals surface area contributed by atoms with Crippen molar-refractivity contribution in [1.29, 1.82) is 0 Å². The molecule has 2 N–H and O–H groups in total. The van der Waals surface area contributed by atoms with Gasteiger partial charge in [-0.2, -0.15) is 18.2 Å². The maximum Gasteiger partial charge on any atom is 0.471 e. The fourth-order valence-electron chi connectivity index (χ4n) is 3.23. The first-order valence-electron chi connectivity index (χ1n) is 10.2. The Morgan fingerprint density at radius 1 is 1.15 bits per heavy atom. The van der Waals surface area contributed by atoms with Crippen molar-refractivity contribution < 1.29 is 32.0 Å². The highest BCUT2D eigenvalue weighted by atomic mass is 19.4. The third kappa shape index (κ3) is 5.49. The highest BCUT2D eigenvalue weighted by Crippen LogP contribution is 2.29. The molecule has 1 atom stereocenters. The fraction of sp³-hybridized carbons (Fsp3) is 0.286. The number of anilines is 1. The molecule has 0 aliphatic carbocycles. The molecule has 3 heterocycles. The van der Waals surface area contributed by atoms with Gasteiger partial charge in [0.25, 0.3) is 5.91 Å². The van der Waals surface area contributed by atoms with Crippen LogP contribution in [-0.2, 0) is 10.9 Å². The van der Waals surface area contributed by atoms with Gasteiger partial charge in [-0.05, 0) is 24.3 Å². The summed E-state index contributed by atoms with van der Waals surface area (Å²) in [6.45, 7) is 1.07. The minimum atomic E-state index is -4.75. The number of nitrogens with zero attached hydrogens (tertiary/aromatic N) is 4. The summed E-state index contributed by atoms with van der Waals surface area (Å²) in [5.74, 6) is -1.83. The van der Waals surface area contributed by atoms with Crippen molar-refractivity contribution >= 4 is 17.8 Å². The van der Waals surface area contributed by atoms with E-state index < -0.39 is 24.1 Å². The molecular weight excluding hydrogens is 457 g/mol. The van der Waals surface area contributed by atoms with Crippen molar-refractivity contribution in [3.8, 4) is 11.4 Å². The summed E-state index contributed by atoms with van der Waals surface area (Å²) in [5, 5.41) is 8.72. The first-order valence-corrected chi connectivity index (χ1v) is 10.2. The first kappa shape index (κ1) is 23.2. The predicted octanol–water partition coefficient (Wildman–Crippen LogP) is 2.81. The summed E-state index contributed by atoms with van der Waals surface area (Å²) in [5.41, 5.74) is 0.689. The maximum absolute atomic E-state index is 12.8. The van der Waals surface area contributed by atoms with Gasteiger partial charge in [0, 0.05) is 30.4 Å². The van der Waals surface area contributed by atoms with E-state index in [0.717, 1.165) is 0 Å². The van der Waals surface area contributed by atoms with Gasteiger partial charge in [-0.25, -0.2) is 9.78 Å². The zero-order valence-electron chi connectivity index (χ0n) is 17.6. The highest BCUT2D eigenvalue weighted by molar-refractivity contribution is 5.94. The molecule has 0 spiro atoms. The lowest BCUT2D eigenvalue weighted by atomic mass is 10.2. The number of amides is 3. The molecule has 3 aromatic rings. The molecule has 2 aromatic heterocycles. The van der Waals surface area contributed by atoms with Crippen LogP contribution in [0.5, 0.6) is 0 Å². The van der Waals surface area contributed by atoms with Gasteiger partial charge in [-0.3, -0.25) is 10.1 Å². The second-order valence-electron chi connectivity index (χ2n) is 7.28. The van der Waals surface area contributed by atoms with E-state index in [-0.39, 0.29) is 36.3 Å². The van der Waals surface area contributed by atoms with Crippen molar-refractivity contribution in [1.82, 2.24) is 25.3 Å². The van der Waals surface area contributed by atoms with Gasteiger partial charge in [0.15, 0.2) is 0 Å². The van der Waals surface area contributed by atoms with Gasteiger partial charge >= 0.3 is 18.1 Å². The Balaban J connectivity index is 1.36. The summed E-state index contributed by atoms with van der Waals surface area (Å²) in [6.07, 6.45) is -3.53. The standard InChI is InChI=1S/C21H19F3N6O4/c22-21(23,24)19-28-17(29-34-19)14-6-7-16(25-10-14)27-20(32)30-8-9-33-12-15(30)11-26-18(31)13-4-2-1-3-5-13/h1-7,10,15H,8-9,11-12H2,(H,26,31)(H,25,27,32). The van der Waals surface area contributed by atoms with E-state index in [1.54, 1.807) is 30.3 Å². The summed E-state index contributed by atoms with van der Waals surface area (Å²) in [6, 6.07) is 10.6. The number of urea groups is 1. The quantitative estimate of drug-likeness (QED) is 0.581. The highest BCUT2D eigenvalue weighted by Gasteiger charge is 2.38. The van der Waals surface area contributed by atoms with Crippen LogP contribution in [0.15, 0.2) is 53.2 Å². The molecule has 13 heteroatoms. The number of ether oxygens (including phenoxy) is 1. The third-order valence-corrected chi connectivity index (χ3v) is 4.95. The van der Waals surface area contributed by atoms with Gasteiger partial charge < -0.3 is 19.5 Å². The number of rotatable bonds is 5. The molecular formula is C21H19F3N6O4. The molecule has 0 saturated carbocycles. The SMILES string of the molecule is O=C(NCC1COCCN1C(=O)Nc1ccc(-c2noc(C(F)(F)F)n2)cn1)c1ccccc1.